The van der Waals surface area contributed by atoms with Gasteiger partial charge in [-0.1, -0.05) is 19.1 Å². The van der Waals surface area contributed by atoms with Gasteiger partial charge in [0.15, 0.2) is 0 Å². The minimum Gasteiger partial charge on any atom is -0.396 e. The molecule has 0 radical (unpaired) electrons. The second-order valence-electron chi connectivity index (χ2n) is 9.57. The molecule has 4 rings (SSSR count). The van der Waals surface area contributed by atoms with Crippen molar-refractivity contribution in [1.82, 2.24) is 0 Å². The maximum absolute atomic E-state index is 10.6. The van der Waals surface area contributed by atoms with Crippen LogP contribution in [0.4, 0.5) is 0 Å². The molecular weight excluding hydrogens is 288 g/mol. The van der Waals surface area contributed by atoms with E-state index in [1.165, 1.54) is 37.7 Å². The van der Waals surface area contributed by atoms with Crippen molar-refractivity contribution in [3.05, 3.63) is 12.2 Å². The van der Waals surface area contributed by atoms with Crippen LogP contribution in [0.3, 0.4) is 0 Å². The molecule has 6 atom stereocenters. The highest BCUT2D eigenvalue weighted by atomic mass is 16.3. The highest BCUT2D eigenvalue weighted by molar-refractivity contribution is 5.22. The zero-order valence-corrected chi connectivity index (χ0v) is 14.4. The Kier molecular flexibility index (Phi) is 3.54. The maximum atomic E-state index is 10.6. The Morgan fingerprint density at radius 2 is 1.78 bits per heavy atom. The molecule has 23 heavy (non-hydrogen) atoms. The molecule has 3 heteroatoms. The molecule has 4 aliphatic carbocycles. The lowest BCUT2D eigenvalue weighted by atomic mass is 9.40. The third-order valence-corrected chi connectivity index (χ3v) is 8.56. The molecule has 3 nitrogen and oxygen atoms in total. The zero-order chi connectivity index (χ0) is 16.5. The molecule has 4 aliphatic rings. The summed E-state index contributed by atoms with van der Waals surface area (Å²) in [6, 6.07) is 0. The molecule has 0 aromatic heterocycles. The average Bonchev–Trinajstić information content (AvgIpc) is 2.74. The molecule has 0 aromatic carbocycles. The van der Waals surface area contributed by atoms with Gasteiger partial charge in [0.2, 0.25) is 0 Å². The van der Waals surface area contributed by atoms with Crippen LogP contribution in [0.15, 0.2) is 12.2 Å². The van der Waals surface area contributed by atoms with E-state index in [9.17, 15) is 15.3 Å². The van der Waals surface area contributed by atoms with Crippen LogP contribution in [0, 0.1) is 34.0 Å². The molecule has 4 saturated carbocycles. The highest BCUT2D eigenvalue weighted by Crippen LogP contribution is 2.72. The Morgan fingerprint density at radius 3 is 2.48 bits per heavy atom. The summed E-state index contributed by atoms with van der Waals surface area (Å²) in [6.07, 6.45) is 8.23. The summed E-state index contributed by atoms with van der Waals surface area (Å²) in [4.78, 5) is 0. The maximum Gasteiger partial charge on any atom is 0.0552 e. The van der Waals surface area contributed by atoms with Crippen molar-refractivity contribution in [1.29, 1.82) is 0 Å². The second-order valence-corrected chi connectivity index (χ2v) is 9.57. The first-order chi connectivity index (χ1) is 10.9. The van der Waals surface area contributed by atoms with Gasteiger partial charge in [-0.2, -0.15) is 0 Å². The topological polar surface area (TPSA) is 60.7 Å². The molecule has 0 unspecified atom stereocenters. The monoisotopic (exact) mass is 320 g/mol. The van der Waals surface area contributed by atoms with E-state index in [-0.39, 0.29) is 18.6 Å². The van der Waals surface area contributed by atoms with E-state index >= 15 is 0 Å². The van der Waals surface area contributed by atoms with Gasteiger partial charge >= 0.3 is 0 Å². The molecule has 2 bridgehead atoms. The summed E-state index contributed by atoms with van der Waals surface area (Å²) in [5, 5.41) is 30.8. The Hall–Kier alpha value is -0.380. The van der Waals surface area contributed by atoms with E-state index in [0.29, 0.717) is 23.7 Å². The van der Waals surface area contributed by atoms with E-state index in [1.807, 2.05) is 0 Å². The second kappa shape index (κ2) is 5.06. The lowest BCUT2D eigenvalue weighted by Gasteiger charge is -2.65. The quantitative estimate of drug-likeness (QED) is 0.686. The van der Waals surface area contributed by atoms with E-state index in [0.717, 1.165) is 18.8 Å². The zero-order valence-electron chi connectivity index (χ0n) is 14.4. The van der Waals surface area contributed by atoms with Crippen molar-refractivity contribution in [2.45, 2.75) is 64.4 Å². The van der Waals surface area contributed by atoms with E-state index < -0.39 is 11.5 Å². The van der Waals surface area contributed by atoms with Gasteiger partial charge in [0.25, 0.3) is 0 Å². The van der Waals surface area contributed by atoms with Crippen molar-refractivity contribution < 1.29 is 15.3 Å². The first kappa shape index (κ1) is 16.1. The molecule has 0 aromatic rings. The lowest BCUT2D eigenvalue weighted by Crippen LogP contribution is -2.61. The van der Waals surface area contributed by atoms with Crippen LogP contribution in [0.25, 0.3) is 0 Å². The fourth-order valence-corrected chi connectivity index (χ4v) is 7.83. The van der Waals surface area contributed by atoms with Crippen molar-refractivity contribution >= 4 is 0 Å². The summed E-state index contributed by atoms with van der Waals surface area (Å²) in [7, 11) is 0. The van der Waals surface area contributed by atoms with Crippen molar-refractivity contribution in [2.75, 3.05) is 13.2 Å². The molecular formula is C20H32O3. The third kappa shape index (κ3) is 1.99. The normalized spacial score (nSPS) is 51.2. The van der Waals surface area contributed by atoms with Crippen molar-refractivity contribution in [2.24, 2.45) is 34.0 Å². The molecule has 1 spiro atoms. The SMILES string of the molecule is C=C1C[C@]23CC[C@@H]4C(CO)(CO)C[C@@H](O)C[C@]4(C)[C@H]2CC[C@H]1C3. The van der Waals surface area contributed by atoms with Crippen LogP contribution in [-0.4, -0.2) is 34.6 Å². The standard InChI is InChI=1S/C20H32O3/c1-13-7-19-6-5-17-18(2,16(19)4-3-14(13)8-19)9-15(23)10-20(17,11-21)12-22/h14-17,21-23H,1,3-12H2,2H3/t14-,15-,16+,17-,18+,19-/m0/s1. The van der Waals surface area contributed by atoms with Crippen molar-refractivity contribution in [3.63, 3.8) is 0 Å². The Bertz CT molecular complexity index is 511. The molecule has 130 valence electrons. The van der Waals surface area contributed by atoms with Crippen LogP contribution in [-0.2, 0) is 0 Å². The molecule has 3 N–H and O–H groups in total. The minimum atomic E-state index is -0.500. The molecule has 0 heterocycles. The van der Waals surface area contributed by atoms with Crippen LogP contribution in [0.2, 0.25) is 0 Å². The third-order valence-electron chi connectivity index (χ3n) is 8.56. The lowest BCUT2D eigenvalue weighted by molar-refractivity contribution is -0.200. The highest BCUT2D eigenvalue weighted by Gasteiger charge is 2.65. The van der Waals surface area contributed by atoms with Crippen LogP contribution in [0.1, 0.15) is 58.3 Å². The number of hydrogen-bond acceptors (Lipinski definition) is 3. The van der Waals surface area contributed by atoms with Gasteiger partial charge in [-0.05, 0) is 80.0 Å². The van der Waals surface area contributed by atoms with E-state index in [2.05, 4.69) is 13.5 Å². The first-order valence-electron chi connectivity index (χ1n) is 9.47. The van der Waals surface area contributed by atoms with E-state index in [4.69, 9.17) is 0 Å². The number of rotatable bonds is 2. The summed E-state index contributed by atoms with van der Waals surface area (Å²) in [5.74, 6) is 1.66. The van der Waals surface area contributed by atoms with Crippen LogP contribution < -0.4 is 0 Å². The van der Waals surface area contributed by atoms with Gasteiger partial charge in [-0.3, -0.25) is 0 Å². The fourth-order valence-electron chi connectivity index (χ4n) is 7.83. The first-order valence-corrected chi connectivity index (χ1v) is 9.47. The van der Waals surface area contributed by atoms with Crippen LogP contribution >= 0.6 is 0 Å². The van der Waals surface area contributed by atoms with Gasteiger partial charge < -0.3 is 15.3 Å². The van der Waals surface area contributed by atoms with E-state index in [1.54, 1.807) is 0 Å². The van der Waals surface area contributed by atoms with Crippen LogP contribution in [0.5, 0.6) is 0 Å². The fraction of sp³-hybridized carbons (Fsp3) is 0.900. The number of hydrogen-bond donors (Lipinski definition) is 3. The van der Waals surface area contributed by atoms with Gasteiger partial charge in [0.1, 0.15) is 0 Å². The Balaban J connectivity index is 1.75. The number of fused-ring (bicyclic) bond motifs is 3. The summed E-state index contributed by atoms with van der Waals surface area (Å²) in [5.41, 5.74) is 1.39. The number of allylic oxidation sites excluding steroid dienone is 1. The molecule has 0 aliphatic heterocycles. The smallest absolute Gasteiger partial charge is 0.0552 e. The molecule has 0 amide bonds. The number of aliphatic hydroxyl groups is 3. The summed E-state index contributed by atoms with van der Waals surface area (Å²) >= 11 is 0. The Morgan fingerprint density at radius 1 is 1.04 bits per heavy atom. The summed E-state index contributed by atoms with van der Waals surface area (Å²) in [6.45, 7) is 6.70. The van der Waals surface area contributed by atoms with Gasteiger partial charge in [-0.25, -0.2) is 0 Å². The van der Waals surface area contributed by atoms with Gasteiger partial charge in [-0.15, -0.1) is 0 Å². The number of aliphatic hydroxyl groups excluding tert-OH is 3. The predicted octanol–water partition coefficient (Wildman–Crippen LogP) is 2.89. The largest absolute Gasteiger partial charge is 0.396 e. The predicted molar refractivity (Wildman–Crippen MR) is 89.7 cm³/mol. The minimum absolute atomic E-state index is 0.00410. The molecule has 0 saturated heterocycles. The van der Waals surface area contributed by atoms with Gasteiger partial charge in [0, 0.05) is 5.41 Å². The van der Waals surface area contributed by atoms with Crippen molar-refractivity contribution in [3.8, 4) is 0 Å². The van der Waals surface area contributed by atoms with Gasteiger partial charge in [0.05, 0.1) is 19.3 Å². The molecule has 4 fully saturated rings. The summed E-state index contributed by atoms with van der Waals surface area (Å²) < 4.78 is 0. The average molecular weight is 320 g/mol. The Labute approximate surface area is 139 Å².